The second-order valence-electron chi connectivity index (χ2n) is 4.99. The number of alkyl halides is 1. The number of aryl methyl sites for hydroxylation is 3. The van der Waals surface area contributed by atoms with Gasteiger partial charge in [-0.25, -0.2) is 9.97 Å². The predicted molar refractivity (Wildman–Crippen MR) is 87.0 cm³/mol. The molecule has 0 unspecified atom stereocenters. The van der Waals surface area contributed by atoms with Crippen LogP contribution in [0.5, 0.6) is 0 Å². The lowest BCUT2D eigenvalue weighted by Gasteiger charge is -2.09. The molecule has 2 heterocycles. The van der Waals surface area contributed by atoms with E-state index in [4.69, 9.17) is 23.2 Å². The van der Waals surface area contributed by atoms with Gasteiger partial charge in [0.05, 0.1) is 10.9 Å². The molecule has 0 radical (unpaired) electrons. The molecule has 21 heavy (non-hydrogen) atoms. The standard InChI is InChI=1S/C16H15Cl2N3/c1-11-4-2-3-5-12(11)6-7-21-15(9-17)20-14-8-13(18)10-19-16(14)21/h2-5,8,10H,6-7,9H2,1H3. The first kappa shape index (κ1) is 14.4. The van der Waals surface area contributed by atoms with Crippen LogP contribution in [0.25, 0.3) is 11.2 Å². The van der Waals surface area contributed by atoms with Gasteiger partial charge in [0.2, 0.25) is 0 Å². The topological polar surface area (TPSA) is 30.7 Å². The van der Waals surface area contributed by atoms with Gasteiger partial charge in [-0.15, -0.1) is 11.6 Å². The van der Waals surface area contributed by atoms with Crippen LogP contribution in [0.1, 0.15) is 17.0 Å². The van der Waals surface area contributed by atoms with Crippen LogP contribution in [0, 0.1) is 6.92 Å². The first-order valence-electron chi connectivity index (χ1n) is 6.80. The molecule has 1 aromatic carbocycles. The van der Waals surface area contributed by atoms with Crippen LogP contribution in [0.15, 0.2) is 36.5 Å². The van der Waals surface area contributed by atoms with Gasteiger partial charge in [0.1, 0.15) is 11.3 Å². The number of aromatic nitrogens is 3. The molecule has 3 aromatic rings. The maximum atomic E-state index is 6.01. The van der Waals surface area contributed by atoms with E-state index in [-0.39, 0.29) is 0 Å². The molecular formula is C16H15Cl2N3. The summed E-state index contributed by atoms with van der Waals surface area (Å²) in [5.74, 6) is 1.19. The van der Waals surface area contributed by atoms with Gasteiger partial charge in [-0.2, -0.15) is 0 Å². The van der Waals surface area contributed by atoms with Crippen molar-refractivity contribution >= 4 is 34.4 Å². The van der Waals surface area contributed by atoms with Crippen molar-refractivity contribution in [2.75, 3.05) is 0 Å². The molecule has 5 heteroatoms. The number of fused-ring (bicyclic) bond motifs is 1. The monoisotopic (exact) mass is 319 g/mol. The van der Waals surface area contributed by atoms with E-state index in [9.17, 15) is 0 Å². The summed E-state index contributed by atoms with van der Waals surface area (Å²) in [5, 5.41) is 0.590. The van der Waals surface area contributed by atoms with Crippen LogP contribution in [-0.2, 0) is 18.8 Å². The molecule has 0 aliphatic rings. The van der Waals surface area contributed by atoms with Gasteiger partial charge in [-0.1, -0.05) is 35.9 Å². The Labute approximate surface area is 133 Å². The van der Waals surface area contributed by atoms with Crippen molar-refractivity contribution in [2.24, 2.45) is 0 Å². The molecule has 0 aliphatic carbocycles. The minimum Gasteiger partial charge on any atom is -0.311 e. The Morgan fingerprint density at radius 1 is 1.24 bits per heavy atom. The Hall–Kier alpha value is -1.58. The zero-order chi connectivity index (χ0) is 14.8. The molecule has 3 nitrogen and oxygen atoms in total. The van der Waals surface area contributed by atoms with Gasteiger partial charge < -0.3 is 4.57 Å². The largest absolute Gasteiger partial charge is 0.311 e. The van der Waals surface area contributed by atoms with E-state index in [0.29, 0.717) is 10.9 Å². The highest BCUT2D eigenvalue weighted by Gasteiger charge is 2.12. The van der Waals surface area contributed by atoms with E-state index in [0.717, 1.165) is 30.0 Å². The summed E-state index contributed by atoms with van der Waals surface area (Å²) in [6.45, 7) is 2.93. The fraction of sp³-hybridized carbons (Fsp3) is 0.250. The van der Waals surface area contributed by atoms with Gasteiger partial charge in [-0.3, -0.25) is 0 Å². The van der Waals surface area contributed by atoms with Crippen molar-refractivity contribution in [3.8, 4) is 0 Å². The highest BCUT2D eigenvalue weighted by molar-refractivity contribution is 6.31. The van der Waals surface area contributed by atoms with Gasteiger partial charge in [0, 0.05) is 12.7 Å². The molecule has 0 amide bonds. The first-order chi connectivity index (χ1) is 10.2. The number of pyridine rings is 1. The minimum atomic E-state index is 0.363. The van der Waals surface area contributed by atoms with E-state index in [1.54, 1.807) is 6.20 Å². The number of hydrogen-bond donors (Lipinski definition) is 0. The van der Waals surface area contributed by atoms with Crippen LogP contribution < -0.4 is 0 Å². The van der Waals surface area contributed by atoms with Crippen LogP contribution in [0.2, 0.25) is 5.02 Å². The second kappa shape index (κ2) is 6.04. The molecule has 0 aliphatic heterocycles. The smallest absolute Gasteiger partial charge is 0.160 e. The number of imidazole rings is 1. The molecule has 108 valence electrons. The Kier molecular flexibility index (Phi) is 4.13. The fourth-order valence-electron chi connectivity index (χ4n) is 2.49. The molecule has 0 fully saturated rings. The van der Waals surface area contributed by atoms with Crippen LogP contribution >= 0.6 is 23.2 Å². The van der Waals surface area contributed by atoms with Gasteiger partial charge >= 0.3 is 0 Å². The average molecular weight is 320 g/mol. The van der Waals surface area contributed by atoms with Gasteiger partial charge in [0.25, 0.3) is 0 Å². The molecule has 0 spiro atoms. The third-order valence-corrected chi connectivity index (χ3v) is 4.06. The Bertz CT molecular complexity index is 780. The third-order valence-electron chi connectivity index (χ3n) is 3.62. The van der Waals surface area contributed by atoms with E-state index >= 15 is 0 Å². The highest BCUT2D eigenvalue weighted by Crippen LogP contribution is 2.20. The fourth-order valence-corrected chi connectivity index (χ4v) is 2.85. The van der Waals surface area contributed by atoms with E-state index in [1.165, 1.54) is 11.1 Å². The maximum Gasteiger partial charge on any atom is 0.160 e. The summed E-state index contributed by atoms with van der Waals surface area (Å²) in [6.07, 6.45) is 2.57. The molecule has 2 aromatic heterocycles. The summed E-state index contributed by atoms with van der Waals surface area (Å²) in [6, 6.07) is 10.2. The van der Waals surface area contributed by atoms with Crippen molar-refractivity contribution in [1.29, 1.82) is 0 Å². The number of benzene rings is 1. The van der Waals surface area contributed by atoms with Crippen LogP contribution in [0.4, 0.5) is 0 Å². The summed E-state index contributed by atoms with van der Waals surface area (Å²) >= 11 is 12.0. The van der Waals surface area contributed by atoms with E-state index in [1.807, 2.05) is 6.07 Å². The summed E-state index contributed by atoms with van der Waals surface area (Å²) in [4.78, 5) is 8.90. The molecule has 0 atom stereocenters. The zero-order valence-electron chi connectivity index (χ0n) is 11.7. The molecular weight excluding hydrogens is 305 g/mol. The van der Waals surface area contributed by atoms with Crippen molar-refractivity contribution < 1.29 is 0 Å². The minimum absolute atomic E-state index is 0.363. The zero-order valence-corrected chi connectivity index (χ0v) is 13.2. The number of nitrogens with zero attached hydrogens (tertiary/aromatic N) is 3. The lowest BCUT2D eigenvalue weighted by Crippen LogP contribution is -2.06. The summed E-state index contributed by atoms with van der Waals surface area (Å²) < 4.78 is 2.07. The van der Waals surface area contributed by atoms with Gasteiger partial charge in [0.15, 0.2) is 5.65 Å². The molecule has 0 saturated heterocycles. The molecule has 0 saturated carbocycles. The van der Waals surface area contributed by atoms with Crippen molar-refractivity contribution in [3.63, 3.8) is 0 Å². The first-order valence-corrected chi connectivity index (χ1v) is 7.71. The summed E-state index contributed by atoms with van der Waals surface area (Å²) in [7, 11) is 0. The lowest BCUT2D eigenvalue weighted by atomic mass is 10.1. The lowest BCUT2D eigenvalue weighted by molar-refractivity contribution is 0.680. The van der Waals surface area contributed by atoms with E-state index < -0.39 is 0 Å². The van der Waals surface area contributed by atoms with Gasteiger partial charge in [-0.05, 0) is 30.5 Å². The van der Waals surface area contributed by atoms with Crippen LogP contribution in [-0.4, -0.2) is 14.5 Å². The Balaban J connectivity index is 1.94. The predicted octanol–water partition coefficient (Wildman–Crippen LogP) is 4.37. The number of rotatable bonds is 4. The Morgan fingerprint density at radius 3 is 2.81 bits per heavy atom. The highest BCUT2D eigenvalue weighted by atomic mass is 35.5. The number of halogens is 2. The average Bonchev–Trinajstić information content (AvgIpc) is 2.83. The molecule has 0 bridgehead atoms. The SMILES string of the molecule is Cc1ccccc1CCn1c(CCl)nc2cc(Cl)cnc21. The van der Waals surface area contributed by atoms with Crippen molar-refractivity contribution in [2.45, 2.75) is 25.8 Å². The normalized spacial score (nSPS) is 11.2. The van der Waals surface area contributed by atoms with E-state index in [2.05, 4.69) is 45.7 Å². The second-order valence-corrected chi connectivity index (χ2v) is 5.69. The molecule has 3 rings (SSSR count). The Morgan fingerprint density at radius 2 is 2.05 bits per heavy atom. The van der Waals surface area contributed by atoms with Crippen molar-refractivity contribution in [3.05, 3.63) is 58.5 Å². The number of hydrogen-bond acceptors (Lipinski definition) is 2. The maximum absolute atomic E-state index is 6.01. The van der Waals surface area contributed by atoms with Crippen LogP contribution in [0.3, 0.4) is 0 Å². The summed E-state index contributed by atoms with van der Waals surface area (Å²) in [5.41, 5.74) is 4.26. The quantitative estimate of drug-likeness (QED) is 0.668. The van der Waals surface area contributed by atoms with Crippen molar-refractivity contribution in [1.82, 2.24) is 14.5 Å². The third kappa shape index (κ3) is 2.89. The molecule has 0 N–H and O–H groups in total.